The lowest BCUT2D eigenvalue weighted by Gasteiger charge is -2.30. The number of amides is 2. The molecule has 0 unspecified atom stereocenters. The van der Waals surface area contributed by atoms with E-state index in [2.05, 4.69) is 15.5 Å². The van der Waals surface area contributed by atoms with Gasteiger partial charge in [-0.15, -0.1) is 0 Å². The van der Waals surface area contributed by atoms with Gasteiger partial charge in [0.1, 0.15) is 6.61 Å². The summed E-state index contributed by atoms with van der Waals surface area (Å²) in [6.45, 7) is 2.31. The normalized spacial score (nSPS) is 13.8. The fraction of sp³-hybridized carbons (Fsp3) is 0.364. The first-order valence-electron chi connectivity index (χ1n) is 9.67. The smallest absolute Gasteiger partial charge is 0.253 e. The predicted molar refractivity (Wildman–Crippen MR) is 111 cm³/mol. The number of rotatable bonds is 7. The first-order chi connectivity index (χ1) is 13.7. The number of ether oxygens (including phenoxy) is 1. The summed E-state index contributed by atoms with van der Waals surface area (Å²) >= 11 is 0. The summed E-state index contributed by atoms with van der Waals surface area (Å²) in [5, 5.41) is 5.78. The summed E-state index contributed by atoms with van der Waals surface area (Å²) in [5.74, 6) is -0.392. The van der Waals surface area contributed by atoms with Crippen LogP contribution in [0.25, 0.3) is 0 Å². The van der Waals surface area contributed by atoms with Gasteiger partial charge in [0.05, 0.1) is 5.56 Å². The lowest BCUT2D eigenvalue weighted by atomic mass is 10.1. The Bertz CT molecular complexity index is 802. The molecule has 1 aliphatic rings. The zero-order valence-corrected chi connectivity index (χ0v) is 16.2. The van der Waals surface area contributed by atoms with Crippen LogP contribution in [-0.4, -0.2) is 38.6 Å². The molecular weight excluding hydrogens is 354 g/mol. The van der Waals surface area contributed by atoms with Gasteiger partial charge in [-0.2, -0.15) is 0 Å². The number of benzene rings is 2. The average Bonchev–Trinajstić information content (AvgIpc) is 2.73. The van der Waals surface area contributed by atoms with Gasteiger partial charge in [-0.1, -0.05) is 30.3 Å². The van der Waals surface area contributed by atoms with E-state index in [1.807, 2.05) is 42.5 Å². The average molecular weight is 381 g/mol. The maximum Gasteiger partial charge on any atom is 0.253 e. The number of nitrogens with zero attached hydrogens (tertiary/aromatic N) is 1. The number of hydrogen-bond acceptors (Lipinski definition) is 4. The molecule has 1 aliphatic heterocycles. The van der Waals surface area contributed by atoms with Crippen LogP contribution in [0.15, 0.2) is 48.5 Å². The molecule has 0 aliphatic carbocycles. The molecule has 3 rings (SSSR count). The van der Waals surface area contributed by atoms with Crippen molar-refractivity contribution in [1.29, 1.82) is 0 Å². The summed E-state index contributed by atoms with van der Waals surface area (Å²) in [4.78, 5) is 27.1. The molecule has 2 amide bonds. The van der Waals surface area contributed by atoms with Crippen LogP contribution >= 0.6 is 0 Å². The molecule has 0 radical (unpaired) electrons. The van der Waals surface area contributed by atoms with Crippen molar-refractivity contribution in [1.82, 2.24) is 5.32 Å². The van der Waals surface area contributed by atoms with Crippen molar-refractivity contribution >= 4 is 23.2 Å². The van der Waals surface area contributed by atoms with Crippen molar-refractivity contribution < 1.29 is 14.3 Å². The van der Waals surface area contributed by atoms with Gasteiger partial charge in [0, 0.05) is 38.1 Å². The van der Waals surface area contributed by atoms with E-state index in [1.165, 1.54) is 13.5 Å². The number of methoxy groups -OCH3 is 1. The highest BCUT2D eigenvalue weighted by Crippen LogP contribution is 2.27. The van der Waals surface area contributed by atoms with Gasteiger partial charge in [0.15, 0.2) is 0 Å². The molecule has 6 heteroatoms. The van der Waals surface area contributed by atoms with E-state index in [1.54, 1.807) is 6.07 Å². The maximum absolute atomic E-state index is 13.0. The minimum Gasteiger partial charge on any atom is -0.375 e. The second kappa shape index (κ2) is 9.90. The molecule has 0 saturated carbocycles. The van der Waals surface area contributed by atoms with Crippen molar-refractivity contribution in [2.24, 2.45) is 0 Å². The summed E-state index contributed by atoms with van der Waals surface area (Å²) in [6, 6.07) is 15.3. The van der Waals surface area contributed by atoms with Crippen molar-refractivity contribution in [2.45, 2.75) is 25.8 Å². The molecule has 2 N–H and O–H groups in total. The van der Waals surface area contributed by atoms with Crippen LogP contribution in [-0.2, 0) is 16.1 Å². The van der Waals surface area contributed by atoms with Crippen molar-refractivity contribution in [3.8, 4) is 0 Å². The molecule has 0 spiro atoms. The van der Waals surface area contributed by atoms with Crippen molar-refractivity contribution in [3.63, 3.8) is 0 Å². The molecule has 1 fully saturated rings. The van der Waals surface area contributed by atoms with E-state index in [9.17, 15) is 9.59 Å². The number of carbonyl (C=O) groups is 2. The number of piperidine rings is 1. The Labute approximate surface area is 165 Å². The highest BCUT2D eigenvalue weighted by Gasteiger charge is 2.19. The standard InChI is InChI=1S/C22H27N3O3/c1-28-16-21(26)24-18-10-11-20(25-12-6-3-7-13-25)19(14-18)22(27)23-15-17-8-4-2-5-9-17/h2,4-5,8-11,14H,3,6-7,12-13,15-16H2,1H3,(H,23,27)(H,24,26). The summed E-state index contributed by atoms with van der Waals surface area (Å²) in [7, 11) is 1.47. The third-order valence-corrected chi connectivity index (χ3v) is 4.79. The molecule has 0 aromatic heterocycles. The molecule has 2 aromatic rings. The second-order valence-electron chi connectivity index (χ2n) is 6.93. The van der Waals surface area contributed by atoms with Gasteiger partial charge < -0.3 is 20.3 Å². The Morgan fingerprint density at radius 2 is 1.79 bits per heavy atom. The van der Waals surface area contributed by atoms with Gasteiger partial charge in [-0.05, 0) is 43.0 Å². The van der Waals surface area contributed by atoms with Gasteiger partial charge in [-0.3, -0.25) is 9.59 Å². The van der Waals surface area contributed by atoms with Crippen LogP contribution in [0.1, 0.15) is 35.2 Å². The Kier molecular flexibility index (Phi) is 7.03. The van der Waals surface area contributed by atoms with E-state index in [0.29, 0.717) is 17.8 Å². The molecule has 1 saturated heterocycles. The van der Waals surface area contributed by atoms with E-state index in [0.717, 1.165) is 37.2 Å². The minimum absolute atomic E-state index is 0.0244. The summed E-state index contributed by atoms with van der Waals surface area (Å²) < 4.78 is 4.86. The molecule has 0 atom stereocenters. The second-order valence-corrected chi connectivity index (χ2v) is 6.93. The predicted octanol–water partition coefficient (Wildman–Crippen LogP) is 3.19. The molecule has 0 bridgehead atoms. The first kappa shape index (κ1) is 19.9. The van der Waals surface area contributed by atoms with E-state index >= 15 is 0 Å². The quantitative estimate of drug-likeness (QED) is 0.773. The van der Waals surface area contributed by atoms with Gasteiger partial charge >= 0.3 is 0 Å². The SMILES string of the molecule is COCC(=O)Nc1ccc(N2CCCCC2)c(C(=O)NCc2ccccc2)c1. The van der Waals surface area contributed by atoms with Crippen LogP contribution in [0, 0.1) is 0 Å². The fourth-order valence-electron chi connectivity index (χ4n) is 3.41. The third kappa shape index (κ3) is 5.33. The lowest BCUT2D eigenvalue weighted by Crippen LogP contribution is -2.32. The lowest BCUT2D eigenvalue weighted by molar-refractivity contribution is -0.119. The number of carbonyl (C=O) groups excluding carboxylic acids is 2. The van der Waals surface area contributed by atoms with E-state index < -0.39 is 0 Å². The van der Waals surface area contributed by atoms with Crippen LogP contribution in [0.4, 0.5) is 11.4 Å². The zero-order chi connectivity index (χ0) is 19.8. The Morgan fingerprint density at radius 1 is 1.04 bits per heavy atom. The van der Waals surface area contributed by atoms with Crippen LogP contribution in [0.5, 0.6) is 0 Å². The number of hydrogen-bond donors (Lipinski definition) is 2. The third-order valence-electron chi connectivity index (χ3n) is 4.79. The topological polar surface area (TPSA) is 70.7 Å². The van der Waals surface area contributed by atoms with Crippen molar-refractivity contribution in [2.75, 3.05) is 37.0 Å². The maximum atomic E-state index is 13.0. The Hall–Kier alpha value is -2.86. The molecule has 28 heavy (non-hydrogen) atoms. The zero-order valence-electron chi connectivity index (χ0n) is 16.2. The van der Waals surface area contributed by atoms with Crippen LogP contribution in [0.2, 0.25) is 0 Å². The highest BCUT2D eigenvalue weighted by atomic mass is 16.5. The van der Waals surface area contributed by atoms with Gasteiger partial charge in [0.2, 0.25) is 5.91 Å². The van der Waals surface area contributed by atoms with Crippen LogP contribution < -0.4 is 15.5 Å². The molecule has 2 aromatic carbocycles. The number of nitrogens with one attached hydrogen (secondary N) is 2. The molecular formula is C22H27N3O3. The van der Waals surface area contributed by atoms with Crippen molar-refractivity contribution in [3.05, 3.63) is 59.7 Å². The summed E-state index contributed by atoms with van der Waals surface area (Å²) in [6.07, 6.45) is 3.46. The minimum atomic E-state index is -0.246. The summed E-state index contributed by atoms with van der Waals surface area (Å²) in [5.41, 5.74) is 3.12. The monoisotopic (exact) mass is 381 g/mol. The fourth-order valence-corrected chi connectivity index (χ4v) is 3.41. The molecule has 1 heterocycles. The molecule has 148 valence electrons. The Balaban J connectivity index is 1.80. The molecule has 6 nitrogen and oxygen atoms in total. The Morgan fingerprint density at radius 3 is 2.50 bits per heavy atom. The highest BCUT2D eigenvalue weighted by molar-refractivity contribution is 6.02. The van der Waals surface area contributed by atoms with Crippen LogP contribution in [0.3, 0.4) is 0 Å². The van der Waals surface area contributed by atoms with E-state index in [-0.39, 0.29) is 18.4 Å². The van der Waals surface area contributed by atoms with E-state index in [4.69, 9.17) is 4.74 Å². The van der Waals surface area contributed by atoms with Gasteiger partial charge in [-0.25, -0.2) is 0 Å². The van der Waals surface area contributed by atoms with Gasteiger partial charge in [0.25, 0.3) is 5.91 Å². The first-order valence-corrected chi connectivity index (χ1v) is 9.67. The number of anilines is 2. The largest absolute Gasteiger partial charge is 0.375 e.